The number of carbonyl (C=O) groups is 1. The van der Waals surface area contributed by atoms with Gasteiger partial charge in [-0.15, -0.1) is 0 Å². The zero-order valence-corrected chi connectivity index (χ0v) is 14.1. The van der Waals surface area contributed by atoms with Gasteiger partial charge in [-0.2, -0.15) is 0 Å². The number of rotatable bonds is 5. The summed E-state index contributed by atoms with van der Waals surface area (Å²) in [7, 11) is 0. The predicted molar refractivity (Wildman–Crippen MR) is 99.9 cm³/mol. The minimum atomic E-state index is 0.0905. The molecule has 0 aliphatic carbocycles. The van der Waals surface area contributed by atoms with Crippen LogP contribution in [0.2, 0.25) is 0 Å². The lowest BCUT2D eigenvalue weighted by Crippen LogP contribution is -2.15. The van der Waals surface area contributed by atoms with E-state index in [1.54, 1.807) is 0 Å². The Kier molecular flexibility index (Phi) is 4.48. The van der Waals surface area contributed by atoms with Crippen LogP contribution < -0.4 is 10.6 Å². The number of amides is 1. The highest BCUT2D eigenvalue weighted by molar-refractivity contribution is 5.90. The first-order chi connectivity index (χ1) is 12.3. The fraction of sp³-hybridized carbons (Fsp3) is 0.300. The number of nitrogens with zero attached hydrogens (tertiary/aromatic N) is 2. The Bertz CT molecular complexity index is 863. The molecule has 25 heavy (non-hydrogen) atoms. The van der Waals surface area contributed by atoms with Gasteiger partial charge >= 0.3 is 0 Å². The van der Waals surface area contributed by atoms with Crippen molar-refractivity contribution in [1.82, 2.24) is 14.9 Å². The second kappa shape index (κ2) is 7.07. The van der Waals surface area contributed by atoms with Crippen molar-refractivity contribution < 1.29 is 4.79 Å². The number of nitrogens with one attached hydrogen (secondary N) is 2. The molecule has 1 atom stereocenters. The van der Waals surface area contributed by atoms with Gasteiger partial charge in [0.1, 0.15) is 6.33 Å². The quantitative estimate of drug-likeness (QED) is 0.752. The van der Waals surface area contributed by atoms with Gasteiger partial charge < -0.3 is 10.6 Å². The summed E-state index contributed by atoms with van der Waals surface area (Å²) < 4.78 is 2.05. The number of imidazole rings is 1. The largest absolute Gasteiger partial charge is 0.326 e. The topological polar surface area (TPSA) is 59.0 Å². The standard InChI is InChI=1S/C20H22N4O/c25-20(10-5-15-11-12-21-13-15)23-16-6-8-17(9-7-16)24-14-22-18-3-1-2-4-19(18)24/h1-4,6-9,14-15,21H,5,10-13H2,(H,23,25). The molecular formula is C20H22N4O. The zero-order valence-electron chi connectivity index (χ0n) is 14.1. The van der Waals surface area contributed by atoms with E-state index in [4.69, 9.17) is 0 Å². The van der Waals surface area contributed by atoms with Gasteiger partial charge in [0, 0.05) is 17.8 Å². The molecule has 0 saturated carbocycles. The smallest absolute Gasteiger partial charge is 0.224 e. The predicted octanol–water partition coefficient (Wildman–Crippen LogP) is 3.35. The Hall–Kier alpha value is -2.66. The van der Waals surface area contributed by atoms with Crippen LogP contribution in [0.1, 0.15) is 19.3 Å². The van der Waals surface area contributed by atoms with Crippen molar-refractivity contribution >= 4 is 22.6 Å². The zero-order chi connectivity index (χ0) is 17.1. The molecule has 0 bridgehead atoms. The number of para-hydroxylation sites is 2. The van der Waals surface area contributed by atoms with Crippen LogP contribution in [-0.2, 0) is 4.79 Å². The van der Waals surface area contributed by atoms with E-state index in [0.29, 0.717) is 12.3 Å². The van der Waals surface area contributed by atoms with E-state index in [-0.39, 0.29) is 5.91 Å². The molecule has 4 rings (SSSR count). The van der Waals surface area contributed by atoms with Gasteiger partial charge in [-0.3, -0.25) is 9.36 Å². The summed E-state index contributed by atoms with van der Waals surface area (Å²) in [5.41, 5.74) is 3.91. The fourth-order valence-electron chi connectivity index (χ4n) is 3.39. The van der Waals surface area contributed by atoms with Gasteiger partial charge in [-0.25, -0.2) is 4.98 Å². The summed E-state index contributed by atoms with van der Waals surface area (Å²) >= 11 is 0. The van der Waals surface area contributed by atoms with Crippen molar-refractivity contribution in [1.29, 1.82) is 0 Å². The van der Waals surface area contributed by atoms with Crippen molar-refractivity contribution in [2.24, 2.45) is 5.92 Å². The van der Waals surface area contributed by atoms with Gasteiger partial charge in [0.05, 0.1) is 11.0 Å². The van der Waals surface area contributed by atoms with Gasteiger partial charge in [0.15, 0.2) is 0 Å². The normalized spacial score (nSPS) is 17.0. The third kappa shape index (κ3) is 3.56. The lowest BCUT2D eigenvalue weighted by Gasteiger charge is -2.10. The molecule has 5 heteroatoms. The number of anilines is 1. The lowest BCUT2D eigenvalue weighted by atomic mass is 10.0. The third-order valence-electron chi connectivity index (χ3n) is 4.82. The molecule has 1 aromatic heterocycles. The molecule has 1 fully saturated rings. The molecule has 1 unspecified atom stereocenters. The summed E-state index contributed by atoms with van der Waals surface area (Å²) in [5, 5.41) is 6.33. The first-order valence-corrected chi connectivity index (χ1v) is 8.83. The van der Waals surface area contributed by atoms with Crippen molar-refractivity contribution in [3.05, 3.63) is 54.9 Å². The Morgan fingerprint density at radius 1 is 1.20 bits per heavy atom. The van der Waals surface area contributed by atoms with Crippen LogP contribution in [0.15, 0.2) is 54.9 Å². The molecule has 1 amide bonds. The van der Waals surface area contributed by atoms with Gasteiger partial charge in [-0.1, -0.05) is 12.1 Å². The lowest BCUT2D eigenvalue weighted by molar-refractivity contribution is -0.116. The molecule has 1 saturated heterocycles. The summed E-state index contributed by atoms with van der Waals surface area (Å²) in [4.78, 5) is 16.5. The second-order valence-electron chi connectivity index (χ2n) is 6.60. The van der Waals surface area contributed by atoms with Gasteiger partial charge in [0.25, 0.3) is 0 Å². The molecule has 0 spiro atoms. The SMILES string of the molecule is O=C(CCC1CCNC1)Nc1ccc(-n2cnc3ccccc32)cc1. The highest BCUT2D eigenvalue weighted by Gasteiger charge is 2.15. The van der Waals surface area contributed by atoms with E-state index < -0.39 is 0 Å². The minimum absolute atomic E-state index is 0.0905. The number of fused-ring (bicyclic) bond motifs is 1. The number of benzene rings is 2. The van der Waals surface area contributed by atoms with Crippen molar-refractivity contribution in [3.8, 4) is 5.69 Å². The van der Waals surface area contributed by atoms with E-state index in [1.807, 2.05) is 53.4 Å². The second-order valence-corrected chi connectivity index (χ2v) is 6.60. The van der Waals surface area contributed by atoms with Crippen molar-refractivity contribution in [2.45, 2.75) is 19.3 Å². The molecule has 5 nitrogen and oxygen atoms in total. The first-order valence-electron chi connectivity index (χ1n) is 8.83. The monoisotopic (exact) mass is 334 g/mol. The summed E-state index contributed by atoms with van der Waals surface area (Å²) in [6.45, 7) is 2.12. The molecule has 3 aromatic rings. The number of aromatic nitrogens is 2. The van der Waals surface area contributed by atoms with Crippen LogP contribution in [0.3, 0.4) is 0 Å². The number of hydrogen-bond donors (Lipinski definition) is 2. The molecule has 2 N–H and O–H groups in total. The third-order valence-corrected chi connectivity index (χ3v) is 4.82. The number of hydrogen-bond acceptors (Lipinski definition) is 3. The summed E-state index contributed by atoms with van der Waals surface area (Å²) in [5.74, 6) is 0.732. The molecule has 2 aromatic carbocycles. The first kappa shape index (κ1) is 15.8. The van der Waals surface area contributed by atoms with E-state index in [0.717, 1.165) is 41.9 Å². The van der Waals surface area contributed by atoms with Crippen LogP contribution in [0, 0.1) is 5.92 Å². The molecule has 1 aliphatic rings. The highest BCUT2D eigenvalue weighted by atomic mass is 16.1. The maximum absolute atomic E-state index is 12.1. The minimum Gasteiger partial charge on any atom is -0.326 e. The average Bonchev–Trinajstić information content (AvgIpc) is 3.30. The van der Waals surface area contributed by atoms with Crippen LogP contribution in [0.25, 0.3) is 16.7 Å². The molecule has 128 valence electrons. The van der Waals surface area contributed by atoms with Crippen LogP contribution >= 0.6 is 0 Å². The Morgan fingerprint density at radius 3 is 2.84 bits per heavy atom. The van der Waals surface area contributed by atoms with Crippen LogP contribution in [0.4, 0.5) is 5.69 Å². The van der Waals surface area contributed by atoms with E-state index in [2.05, 4.69) is 21.7 Å². The molecule has 1 aliphatic heterocycles. The molecule has 0 radical (unpaired) electrons. The summed E-state index contributed by atoms with van der Waals surface area (Å²) in [6, 6.07) is 15.9. The highest BCUT2D eigenvalue weighted by Crippen LogP contribution is 2.20. The maximum atomic E-state index is 12.1. The average molecular weight is 334 g/mol. The Balaban J connectivity index is 1.40. The van der Waals surface area contributed by atoms with Gasteiger partial charge in [-0.05, 0) is 68.2 Å². The van der Waals surface area contributed by atoms with E-state index >= 15 is 0 Å². The van der Waals surface area contributed by atoms with Crippen molar-refractivity contribution in [3.63, 3.8) is 0 Å². The number of carbonyl (C=O) groups excluding carboxylic acids is 1. The summed E-state index contributed by atoms with van der Waals surface area (Å²) in [6.07, 6.45) is 4.55. The molecule has 2 heterocycles. The van der Waals surface area contributed by atoms with E-state index in [1.165, 1.54) is 6.42 Å². The van der Waals surface area contributed by atoms with E-state index in [9.17, 15) is 4.79 Å². The van der Waals surface area contributed by atoms with Crippen LogP contribution in [0.5, 0.6) is 0 Å². The van der Waals surface area contributed by atoms with Gasteiger partial charge in [0.2, 0.25) is 5.91 Å². The molecular weight excluding hydrogens is 312 g/mol. The fourth-order valence-corrected chi connectivity index (χ4v) is 3.39. The Morgan fingerprint density at radius 2 is 2.04 bits per heavy atom. The Labute approximate surface area is 147 Å². The van der Waals surface area contributed by atoms with Crippen molar-refractivity contribution in [2.75, 3.05) is 18.4 Å². The maximum Gasteiger partial charge on any atom is 0.224 e. The van der Waals surface area contributed by atoms with Crippen LogP contribution in [-0.4, -0.2) is 28.5 Å².